The quantitative estimate of drug-likeness (QED) is 0.0865. The number of unbranched alkanes of at least 4 members (excludes halogenated alkanes) is 2. The minimum absolute atomic E-state index is 0.0609. The molecule has 2 rings (SSSR count). The Labute approximate surface area is 262 Å². The van der Waals surface area contributed by atoms with Crippen LogP contribution in [0.4, 0.5) is 9.59 Å². The maximum atomic E-state index is 12.4. The first kappa shape index (κ1) is 37.0. The van der Waals surface area contributed by atoms with Gasteiger partial charge in [-0.05, 0) is 76.0 Å². The van der Waals surface area contributed by atoms with Crippen molar-refractivity contribution in [2.24, 2.45) is 10.8 Å². The second-order valence-corrected chi connectivity index (χ2v) is 12.8. The van der Waals surface area contributed by atoms with Crippen LogP contribution in [-0.4, -0.2) is 96.0 Å². The molecule has 248 valence electrons. The van der Waals surface area contributed by atoms with Gasteiger partial charge >= 0.3 is 12.1 Å². The van der Waals surface area contributed by atoms with Crippen LogP contribution in [0.3, 0.4) is 0 Å². The van der Waals surface area contributed by atoms with E-state index in [9.17, 15) is 19.2 Å². The molecular weight excluding hydrogens is 544 g/mol. The molecule has 0 aromatic carbocycles. The van der Waals surface area contributed by atoms with Gasteiger partial charge in [0.25, 0.3) is 0 Å². The molecule has 0 aromatic heterocycles. The predicted molar refractivity (Wildman–Crippen MR) is 172 cm³/mol. The van der Waals surface area contributed by atoms with E-state index in [2.05, 4.69) is 27.7 Å². The van der Waals surface area contributed by atoms with E-state index < -0.39 is 0 Å². The fourth-order valence-corrected chi connectivity index (χ4v) is 7.02. The van der Waals surface area contributed by atoms with Crippen molar-refractivity contribution >= 4 is 23.9 Å². The maximum Gasteiger partial charge on any atom is 0.327 e. The molecule has 0 atom stereocenters. The SMILES string of the molecule is CCN1CC(=O)N(CCCC(CC)(CC)CCCCOCCCCC(CC)(CC)CCCN2C(=O)CN(CC)C2=O)C1=O. The number of nitrogens with zero attached hydrogens (tertiary/aromatic N) is 4. The van der Waals surface area contributed by atoms with Crippen LogP contribution in [-0.2, 0) is 14.3 Å². The Kier molecular flexibility index (Phi) is 16.0. The lowest BCUT2D eigenvalue weighted by Gasteiger charge is -2.33. The molecular formula is C34H62N4O5. The van der Waals surface area contributed by atoms with Crippen LogP contribution in [0.15, 0.2) is 0 Å². The van der Waals surface area contributed by atoms with Crippen molar-refractivity contribution in [3.8, 4) is 0 Å². The summed E-state index contributed by atoms with van der Waals surface area (Å²) in [6, 6.07) is -0.260. The van der Waals surface area contributed by atoms with Crippen LogP contribution in [0.25, 0.3) is 0 Å². The van der Waals surface area contributed by atoms with Gasteiger partial charge in [0, 0.05) is 39.4 Å². The summed E-state index contributed by atoms with van der Waals surface area (Å²) in [5, 5.41) is 0. The van der Waals surface area contributed by atoms with Gasteiger partial charge in [-0.15, -0.1) is 0 Å². The Morgan fingerprint density at radius 1 is 0.535 bits per heavy atom. The van der Waals surface area contributed by atoms with Gasteiger partial charge in [0.1, 0.15) is 13.1 Å². The van der Waals surface area contributed by atoms with E-state index in [1.165, 1.54) is 9.80 Å². The van der Waals surface area contributed by atoms with Gasteiger partial charge in [-0.25, -0.2) is 9.59 Å². The van der Waals surface area contributed by atoms with Crippen LogP contribution in [0, 0.1) is 10.8 Å². The number of imide groups is 2. The monoisotopic (exact) mass is 606 g/mol. The first-order valence-electron chi connectivity index (χ1n) is 17.4. The molecule has 9 heteroatoms. The van der Waals surface area contributed by atoms with E-state index in [0.717, 1.165) is 103 Å². The molecule has 0 saturated carbocycles. The molecule has 0 N–H and O–H groups in total. The molecule has 6 amide bonds. The summed E-state index contributed by atoms with van der Waals surface area (Å²) >= 11 is 0. The third-order valence-corrected chi connectivity index (χ3v) is 10.7. The minimum Gasteiger partial charge on any atom is -0.381 e. The van der Waals surface area contributed by atoms with Crippen molar-refractivity contribution < 1.29 is 23.9 Å². The molecule has 0 spiro atoms. The molecule has 0 bridgehead atoms. The second-order valence-electron chi connectivity index (χ2n) is 12.8. The average molecular weight is 607 g/mol. The maximum absolute atomic E-state index is 12.4. The average Bonchev–Trinajstić information content (AvgIpc) is 3.46. The Hall–Kier alpha value is -2.16. The third-order valence-electron chi connectivity index (χ3n) is 10.7. The predicted octanol–water partition coefficient (Wildman–Crippen LogP) is 7.09. The Bertz CT molecular complexity index is 816. The fourth-order valence-electron chi connectivity index (χ4n) is 7.02. The molecule has 2 aliphatic rings. The lowest BCUT2D eigenvalue weighted by molar-refractivity contribution is -0.126. The number of carbonyl (C=O) groups is 4. The normalized spacial score (nSPS) is 16.5. The Morgan fingerprint density at radius 3 is 1.19 bits per heavy atom. The summed E-state index contributed by atoms with van der Waals surface area (Å²) < 4.78 is 6.01. The van der Waals surface area contributed by atoms with Crippen LogP contribution in [0.5, 0.6) is 0 Å². The molecule has 2 saturated heterocycles. The number of hydrogen-bond acceptors (Lipinski definition) is 5. The van der Waals surface area contributed by atoms with Gasteiger partial charge < -0.3 is 14.5 Å². The Morgan fingerprint density at radius 2 is 0.884 bits per heavy atom. The van der Waals surface area contributed by atoms with E-state index in [0.29, 0.717) is 26.2 Å². The van der Waals surface area contributed by atoms with E-state index >= 15 is 0 Å². The lowest BCUT2D eigenvalue weighted by Crippen LogP contribution is -2.34. The summed E-state index contributed by atoms with van der Waals surface area (Å²) in [6.45, 7) is 17.2. The highest BCUT2D eigenvalue weighted by Gasteiger charge is 2.36. The van der Waals surface area contributed by atoms with E-state index in [1.807, 2.05) is 13.8 Å². The second kappa shape index (κ2) is 18.6. The topological polar surface area (TPSA) is 90.5 Å². The fraction of sp³-hybridized carbons (Fsp3) is 0.882. The summed E-state index contributed by atoms with van der Waals surface area (Å²) in [5.74, 6) is -0.122. The highest BCUT2D eigenvalue weighted by molar-refractivity contribution is 6.02. The molecule has 9 nitrogen and oxygen atoms in total. The molecule has 43 heavy (non-hydrogen) atoms. The van der Waals surface area contributed by atoms with Gasteiger partial charge in [0.2, 0.25) is 11.8 Å². The standard InChI is InChI=1S/C34H62N4O5/c1-7-33(8-2,21-17-23-37-29(39)27-35(11-5)31(37)41)19-13-15-25-43-26-16-14-20-34(9-3,10-4)22-18-24-38-30(40)28-36(12-6)32(38)42/h7-28H2,1-6H3. The molecule has 2 aliphatic heterocycles. The highest BCUT2D eigenvalue weighted by Crippen LogP contribution is 2.39. The van der Waals surface area contributed by atoms with Gasteiger partial charge in [-0.1, -0.05) is 66.2 Å². The molecule has 0 unspecified atom stereocenters. The first-order valence-corrected chi connectivity index (χ1v) is 17.4. The summed E-state index contributed by atoms with van der Waals surface area (Å²) in [5.41, 5.74) is 0.537. The highest BCUT2D eigenvalue weighted by atomic mass is 16.5. The number of ether oxygens (including phenoxy) is 1. The zero-order valence-electron chi connectivity index (χ0n) is 28.4. The van der Waals surface area contributed by atoms with Crippen LogP contribution < -0.4 is 0 Å². The number of hydrogen-bond donors (Lipinski definition) is 0. The largest absolute Gasteiger partial charge is 0.381 e. The number of urea groups is 2. The molecule has 0 aromatic rings. The molecule has 2 heterocycles. The molecule has 0 aliphatic carbocycles. The zero-order valence-corrected chi connectivity index (χ0v) is 28.4. The van der Waals surface area contributed by atoms with Crippen LogP contribution >= 0.6 is 0 Å². The minimum atomic E-state index is -0.130. The number of carbonyl (C=O) groups excluding carboxylic acids is 4. The first-order chi connectivity index (χ1) is 20.6. The van der Waals surface area contributed by atoms with Gasteiger partial charge in [-0.3, -0.25) is 19.4 Å². The summed E-state index contributed by atoms with van der Waals surface area (Å²) in [7, 11) is 0. The number of rotatable bonds is 24. The lowest BCUT2D eigenvalue weighted by atomic mass is 9.74. The van der Waals surface area contributed by atoms with Gasteiger partial charge in [-0.2, -0.15) is 0 Å². The molecule has 2 fully saturated rings. The molecule has 0 radical (unpaired) electrons. The number of likely N-dealkylation sites (N-methyl/N-ethyl adjacent to an activating group) is 2. The van der Waals surface area contributed by atoms with Gasteiger partial charge in [0.15, 0.2) is 0 Å². The third kappa shape index (κ3) is 10.5. The van der Waals surface area contributed by atoms with Crippen molar-refractivity contribution in [2.75, 3.05) is 52.5 Å². The van der Waals surface area contributed by atoms with E-state index in [1.54, 1.807) is 9.80 Å². The summed E-state index contributed by atoms with van der Waals surface area (Å²) in [6.07, 6.45) is 15.0. The van der Waals surface area contributed by atoms with Crippen molar-refractivity contribution in [3.05, 3.63) is 0 Å². The number of amides is 6. The van der Waals surface area contributed by atoms with Crippen molar-refractivity contribution in [2.45, 2.75) is 131 Å². The van der Waals surface area contributed by atoms with Crippen molar-refractivity contribution in [1.82, 2.24) is 19.6 Å². The van der Waals surface area contributed by atoms with Gasteiger partial charge in [0.05, 0.1) is 0 Å². The summed E-state index contributed by atoms with van der Waals surface area (Å²) in [4.78, 5) is 55.3. The van der Waals surface area contributed by atoms with Crippen LogP contribution in [0.2, 0.25) is 0 Å². The van der Waals surface area contributed by atoms with Crippen molar-refractivity contribution in [1.29, 1.82) is 0 Å². The van der Waals surface area contributed by atoms with E-state index in [-0.39, 0.29) is 47.8 Å². The van der Waals surface area contributed by atoms with Crippen LogP contribution in [0.1, 0.15) is 131 Å². The smallest absolute Gasteiger partial charge is 0.327 e. The Balaban J connectivity index is 1.61. The van der Waals surface area contributed by atoms with E-state index in [4.69, 9.17) is 4.74 Å². The van der Waals surface area contributed by atoms with Crippen molar-refractivity contribution in [3.63, 3.8) is 0 Å². The zero-order chi connectivity index (χ0) is 31.9.